The summed E-state index contributed by atoms with van der Waals surface area (Å²) in [6, 6.07) is 5.79. The molecule has 1 aliphatic heterocycles. The van der Waals surface area contributed by atoms with E-state index in [1.165, 1.54) is 24.3 Å². The number of hydrogen-bond acceptors (Lipinski definition) is 4. The number of nitro groups is 1. The molecule has 0 saturated carbocycles. The number of imide groups is 1. The predicted octanol–water partition coefficient (Wildman–Crippen LogP) is 0.890. The topological polar surface area (TPSA) is 89.3 Å². The molecule has 1 aromatic carbocycles. The first kappa shape index (κ1) is 11.5. The van der Waals surface area contributed by atoms with Gasteiger partial charge in [-0.25, -0.2) is 0 Å². The number of carbonyl (C=O) groups is 2. The van der Waals surface area contributed by atoms with Gasteiger partial charge in [0.15, 0.2) is 0 Å². The van der Waals surface area contributed by atoms with E-state index < -0.39 is 19.9 Å². The number of amides is 2. The SMILES string of the molecule is O=C1NC(=O)C(=Cc2ccc([N+](=O)[O-])cc2)[Se]1. The monoisotopic (exact) mass is 298 g/mol. The van der Waals surface area contributed by atoms with Crippen LogP contribution in [0.15, 0.2) is 28.7 Å². The van der Waals surface area contributed by atoms with Crippen LogP contribution in [0.2, 0.25) is 0 Å². The zero-order chi connectivity index (χ0) is 12.4. The number of non-ortho nitro benzene ring substituents is 1. The van der Waals surface area contributed by atoms with Crippen LogP contribution in [0.1, 0.15) is 5.56 Å². The summed E-state index contributed by atoms with van der Waals surface area (Å²) in [5.74, 6) is -0.381. The summed E-state index contributed by atoms with van der Waals surface area (Å²) < 4.78 is 0.427. The van der Waals surface area contributed by atoms with Crippen molar-refractivity contribution in [1.29, 1.82) is 0 Å². The zero-order valence-electron chi connectivity index (χ0n) is 8.38. The van der Waals surface area contributed by atoms with Crippen LogP contribution in [0, 0.1) is 10.1 Å². The molecule has 0 bridgehead atoms. The average Bonchev–Trinajstić information content (AvgIpc) is 2.58. The molecule has 0 radical (unpaired) electrons. The Morgan fingerprint density at radius 1 is 1.24 bits per heavy atom. The van der Waals surface area contributed by atoms with Crippen molar-refractivity contribution in [2.45, 2.75) is 0 Å². The van der Waals surface area contributed by atoms with Crippen molar-refractivity contribution in [3.8, 4) is 0 Å². The molecule has 86 valence electrons. The van der Waals surface area contributed by atoms with Gasteiger partial charge in [-0.3, -0.25) is 0 Å². The second kappa shape index (κ2) is 4.48. The molecule has 2 amide bonds. The third-order valence-corrected chi connectivity index (χ3v) is 3.74. The third-order valence-electron chi connectivity index (χ3n) is 2.04. The van der Waals surface area contributed by atoms with Crippen molar-refractivity contribution >= 4 is 37.4 Å². The predicted molar refractivity (Wildman–Crippen MR) is 60.4 cm³/mol. The fraction of sp³-hybridized carbons (Fsp3) is 0. The molecule has 1 saturated heterocycles. The number of nitro benzene ring substituents is 1. The molecule has 1 heterocycles. The van der Waals surface area contributed by atoms with Crippen LogP contribution in [0.4, 0.5) is 10.5 Å². The molecule has 2 rings (SSSR count). The summed E-state index contributed by atoms with van der Waals surface area (Å²) in [7, 11) is 0. The van der Waals surface area contributed by atoms with Gasteiger partial charge in [0.05, 0.1) is 0 Å². The Labute approximate surface area is 102 Å². The molecule has 1 aliphatic rings. The van der Waals surface area contributed by atoms with Crippen LogP contribution < -0.4 is 5.32 Å². The van der Waals surface area contributed by atoms with Gasteiger partial charge in [-0.15, -0.1) is 0 Å². The maximum absolute atomic E-state index is 11.3. The third kappa shape index (κ3) is 2.58. The van der Waals surface area contributed by atoms with Gasteiger partial charge in [-0.2, -0.15) is 0 Å². The number of carbonyl (C=O) groups excluding carboxylic acids is 2. The summed E-state index contributed by atoms with van der Waals surface area (Å²) in [5.41, 5.74) is 0.655. The molecular weight excluding hydrogens is 291 g/mol. The molecule has 1 N–H and O–H groups in total. The molecule has 0 aromatic heterocycles. The van der Waals surface area contributed by atoms with E-state index in [0.717, 1.165) is 0 Å². The van der Waals surface area contributed by atoms with Gasteiger partial charge in [0, 0.05) is 0 Å². The molecule has 0 spiro atoms. The number of nitrogens with zero attached hydrogens (tertiary/aromatic N) is 1. The van der Waals surface area contributed by atoms with E-state index >= 15 is 0 Å². The Hall–Kier alpha value is -1.98. The molecule has 6 nitrogen and oxygen atoms in total. The first-order valence-electron chi connectivity index (χ1n) is 4.55. The Morgan fingerprint density at radius 2 is 1.88 bits per heavy atom. The maximum atomic E-state index is 11.3. The van der Waals surface area contributed by atoms with Crippen LogP contribution in [0.25, 0.3) is 6.08 Å². The fourth-order valence-electron chi connectivity index (χ4n) is 1.26. The van der Waals surface area contributed by atoms with E-state index in [1.807, 2.05) is 0 Å². The summed E-state index contributed by atoms with van der Waals surface area (Å²) in [5, 5.41) is 12.6. The van der Waals surface area contributed by atoms with Gasteiger partial charge in [0.2, 0.25) is 0 Å². The molecule has 17 heavy (non-hydrogen) atoms. The molecule has 1 fully saturated rings. The summed E-state index contributed by atoms with van der Waals surface area (Å²) in [6.07, 6.45) is 1.57. The Balaban J connectivity index is 2.24. The Morgan fingerprint density at radius 3 is 2.35 bits per heavy atom. The van der Waals surface area contributed by atoms with Gasteiger partial charge in [-0.05, 0) is 0 Å². The number of rotatable bonds is 2. The van der Waals surface area contributed by atoms with Crippen molar-refractivity contribution in [1.82, 2.24) is 5.32 Å². The number of nitrogens with one attached hydrogen (secondary N) is 1. The molecule has 7 heteroatoms. The van der Waals surface area contributed by atoms with Gasteiger partial charge < -0.3 is 0 Å². The summed E-state index contributed by atoms with van der Waals surface area (Å²) in [6.45, 7) is 0. The van der Waals surface area contributed by atoms with Crippen molar-refractivity contribution in [3.05, 3.63) is 44.4 Å². The molecular formula is C10H6N2O4Se. The first-order chi connectivity index (χ1) is 8.06. The first-order valence-corrected chi connectivity index (χ1v) is 6.27. The minimum atomic E-state index is -0.515. The fourth-order valence-corrected chi connectivity index (χ4v) is 2.70. The second-order valence-corrected chi connectivity index (χ2v) is 5.33. The van der Waals surface area contributed by atoms with E-state index in [0.29, 0.717) is 10.0 Å². The summed E-state index contributed by atoms with van der Waals surface area (Å²) in [4.78, 5) is 31.9. The Bertz CT molecular complexity index is 536. The molecule has 0 aliphatic carbocycles. The second-order valence-electron chi connectivity index (χ2n) is 3.20. The van der Waals surface area contributed by atoms with Crippen LogP contribution in [-0.2, 0) is 4.79 Å². The van der Waals surface area contributed by atoms with E-state index in [2.05, 4.69) is 5.32 Å². The zero-order valence-corrected chi connectivity index (χ0v) is 10.1. The van der Waals surface area contributed by atoms with E-state index in [9.17, 15) is 19.7 Å². The Kier molecular flexibility index (Phi) is 3.03. The van der Waals surface area contributed by atoms with E-state index in [1.54, 1.807) is 6.08 Å². The molecule has 1 aromatic rings. The van der Waals surface area contributed by atoms with Gasteiger partial charge in [0.1, 0.15) is 0 Å². The quantitative estimate of drug-likeness (QED) is 0.380. The minimum absolute atomic E-state index is 0.00962. The van der Waals surface area contributed by atoms with Crippen LogP contribution in [-0.4, -0.2) is 30.6 Å². The van der Waals surface area contributed by atoms with E-state index in [-0.39, 0.29) is 16.4 Å². The normalized spacial score (nSPS) is 17.3. The van der Waals surface area contributed by atoms with Gasteiger partial charge >= 0.3 is 102 Å². The van der Waals surface area contributed by atoms with E-state index in [4.69, 9.17) is 0 Å². The molecule has 0 atom stereocenters. The summed E-state index contributed by atoms with van der Waals surface area (Å²) >= 11 is -0.515. The standard InChI is InChI=1S/C10H6N2O4Se/c13-9-8(17-10(14)11-9)5-6-1-3-7(4-2-6)12(15)16/h1-5H,(H,11,13,14). The van der Waals surface area contributed by atoms with Crippen molar-refractivity contribution < 1.29 is 14.5 Å². The van der Waals surface area contributed by atoms with Gasteiger partial charge in [-0.1, -0.05) is 0 Å². The number of benzene rings is 1. The van der Waals surface area contributed by atoms with Crippen molar-refractivity contribution in [3.63, 3.8) is 0 Å². The van der Waals surface area contributed by atoms with Crippen LogP contribution >= 0.6 is 0 Å². The number of hydrogen-bond donors (Lipinski definition) is 1. The van der Waals surface area contributed by atoms with Crippen molar-refractivity contribution in [2.75, 3.05) is 0 Å². The van der Waals surface area contributed by atoms with Crippen LogP contribution in [0.5, 0.6) is 0 Å². The molecule has 0 unspecified atom stereocenters. The average molecular weight is 297 g/mol. The van der Waals surface area contributed by atoms with Crippen molar-refractivity contribution in [2.24, 2.45) is 0 Å². The van der Waals surface area contributed by atoms with Gasteiger partial charge in [0.25, 0.3) is 0 Å². The van der Waals surface area contributed by atoms with Crippen LogP contribution in [0.3, 0.4) is 0 Å².